The Kier molecular flexibility index (Phi) is 6.99. The molecule has 2 heterocycles. The minimum Gasteiger partial charge on any atom is -0.383 e. The number of rotatable bonds is 8. The van der Waals surface area contributed by atoms with E-state index in [9.17, 15) is 14.4 Å². The number of hydrogen-bond acceptors (Lipinski definition) is 6. The number of hydrogen-bond donors (Lipinski definition) is 2. The number of nitrogens with two attached hydrogens (primary N) is 1. The summed E-state index contributed by atoms with van der Waals surface area (Å²) >= 11 is 1.48. The fourth-order valence-electron chi connectivity index (χ4n) is 2.91. The number of thiophene rings is 1. The van der Waals surface area contributed by atoms with Crippen molar-refractivity contribution in [3.05, 3.63) is 85.2 Å². The molecule has 0 bridgehead atoms. The number of carbonyl (C=O) groups is 1. The number of carbonyl (C=O) groups excluding carboxylic acids is 1. The summed E-state index contributed by atoms with van der Waals surface area (Å²) in [7, 11) is 1.49. The molecule has 0 saturated carbocycles. The maximum absolute atomic E-state index is 12.9. The molecule has 0 unspecified atom stereocenters. The van der Waals surface area contributed by atoms with Crippen molar-refractivity contribution in [2.24, 2.45) is 0 Å². The predicted molar refractivity (Wildman–Crippen MR) is 119 cm³/mol. The van der Waals surface area contributed by atoms with E-state index in [1.54, 1.807) is 6.08 Å². The summed E-state index contributed by atoms with van der Waals surface area (Å²) in [5.74, 6) is -0.524. The van der Waals surface area contributed by atoms with Crippen LogP contribution in [0.5, 0.6) is 0 Å². The minimum absolute atomic E-state index is 0.0802. The Hall–Kier alpha value is -3.43. The molecule has 2 aromatic heterocycles. The first kappa shape index (κ1) is 21.3. The van der Waals surface area contributed by atoms with Crippen molar-refractivity contribution >= 4 is 34.8 Å². The average molecular weight is 426 g/mol. The van der Waals surface area contributed by atoms with Gasteiger partial charge in [-0.25, -0.2) is 4.79 Å². The van der Waals surface area contributed by atoms with Gasteiger partial charge in [-0.1, -0.05) is 36.4 Å². The van der Waals surface area contributed by atoms with Crippen molar-refractivity contribution in [3.8, 4) is 0 Å². The Morgan fingerprint density at radius 2 is 2.00 bits per heavy atom. The molecule has 3 N–H and O–H groups in total. The van der Waals surface area contributed by atoms with Gasteiger partial charge in [-0.3, -0.25) is 24.0 Å². The Balaban J connectivity index is 2.01. The third-order valence-electron chi connectivity index (χ3n) is 4.39. The highest BCUT2D eigenvalue weighted by Crippen LogP contribution is 2.19. The van der Waals surface area contributed by atoms with Gasteiger partial charge >= 0.3 is 5.69 Å². The monoisotopic (exact) mass is 426 g/mol. The average Bonchev–Trinajstić information content (AvgIpc) is 3.26. The number of nitrogens with zero attached hydrogens (tertiary/aromatic N) is 2. The van der Waals surface area contributed by atoms with Gasteiger partial charge in [0.15, 0.2) is 5.69 Å². The van der Waals surface area contributed by atoms with Crippen molar-refractivity contribution in [1.29, 1.82) is 0 Å². The van der Waals surface area contributed by atoms with E-state index in [1.807, 2.05) is 47.8 Å². The van der Waals surface area contributed by atoms with Gasteiger partial charge in [0.05, 0.1) is 13.2 Å². The number of aromatic nitrogens is 2. The zero-order chi connectivity index (χ0) is 21.5. The van der Waals surface area contributed by atoms with Crippen LogP contribution in [0, 0.1) is 0 Å². The van der Waals surface area contributed by atoms with Crippen LogP contribution in [0.1, 0.15) is 10.4 Å². The number of ether oxygens (including phenoxy) is 1. The van der Waals surface area contributed by atoms with E-state index in [0.717, 1.165) is 10.4 Å². The third-order valence-corrected chi connectivity index (χ3v) is 5.22. The molecule has 0 atom stereocenters. The zero-order valence-electron chi connectivity index (χ0n) is 16.4. The van der Waals surface area contributed by atoms with Crippen molar-refractivity contribution in [3.63, 3.8) is 0 Å². The van der Waals surface area contributed by atoms with Crippen LogP contribution in [0.3, 0.4) is 0 Å². The highest BCUT2D eigenvalue weighted by Gasteiger charge is 2.23. The fraction of sp³-hybridized carbons (Fsp3) is 0.190. The molecule has 156 valence electrons. The van der Waals surface area contributed by atoms with Crippen LogP contribution in [-0.2, 0) is 16.1 Å². The van der Waals surface area contributed by atoms with Crippen molar-refractivity contribution in [1.82, 2.24) is 9.55 Å². The first-order chi connectivity index (χ1) is 14.5. The quantitative estimate of drug-likeness (QED) is 0.535. The molecule has 0 aliphatic rings. The predicted octanol–water partition coefficient (Wildman–Crippen LogP) is 1.92. The number of aromatic amines is 1. The van der Waals surface area contributed by atoms with Gasteiger partial charge in [0, 0.05) is 24.6 Å². The fourth-order valence-corrected chi connectivity index (χ4v) is 3.52. The van der Waals surface area contributed by atoms with Crippen LogP contribution in [-0.4, -0.2) is 35.7 Å². The van der Waals surface area contributed by atoms with Gasteiger partial charge in [-0.2, -0.15) is 0 Å². The standard InChI is InChI=1S/C21H22N4O4S/c1-29-12-11-24(17(26)10-9-16-8-5-13-30-16)18-19(22)25(21(28)23-20(18)27)14-15-6-3-2-4-7-15/h2-10,13H,11-12,14,22H2,1H3,(H,23,27,28)/b10-9+. The molecule has 8 nitrogen and oxygen atoms in total. The summed E-state index contributed by atoms with van der Waals surface area (Å²) in [4.78, 5) is 42.3. The van der Waals surface area contributed by atoms with E-state index in [-0.39, 0.29) is 31.2 Å². The molecular weight excluding hydrogens is 404 g/mol. The Morgan fingerprint density at radius 1 is 1.23 bits per heavy atom. The molecule has 9 heteroatoms. The van der Waals surface area contributed by atoms with Crippen LogP contribution < -0.4 is 21.9 Å². The zero-order valence-corrected chi connectivity index (χ0v) is 17.2. The lowest BCUT2D eigenvalue weighted by molar-refractivity contribution is -0.114. The van der Waals surface area contributed by atoms with Gasteiger partial charge < -0.3 is 10.5 Å². The topological polar surface area (TPSA) is 110 Å². The second-order valence-electron chi connectivity index (χ2n) is 6.40. The van der Waals surface area contributed by atoms with Crippen LogP contribution in [0.25, 0.3) is 6.08 Å². The molecule has 30 heavy (non-hydrogen) atoms. The molecular formula is C21H22N4O4S. The molecule has 0 aliphatic heterocycles. The highest BCUT2D eigenvalue weighted by atomic mass is 32.1. The maximum Gasteiger partial charge on any atom is 0.330 e. The largest absolute Gasteiger partial charge is 0.383 e. The van der Waals surface area contributed by atoms with Gasteiger partial charge in [0.25, 0.3) is 11.5 Å². The molecule has 0 fully saturated rings. The Labute approximate surface area is 176 Å². The van der Waals surface area contributed by atoms with E-state index in [0.29, 0.717) is 0 Å². The lowest BCUT2D eigenvalue weighted by Crippen LogP contribution is -2.42. The van der Waals surface area contributed by atoms with Crippen LogP contribution >= 0.6 is 11.3 Å². The lowest BCUT2D eigenvalue weighted by Gasteiger charge is -2.23. The molecule has 3 rings (SSSR count). The van der Waals surface area contributed by atoms with Gasteiger partial charge in [-0.15, -0.1) is 11.3 Å². The molecule has 0 aliphatic carbocycles. The van der Waals surface area contributed by atoms with Gasteiger partial charge in [0.1, 0.15) is 5.82 Å². The number of methoxy groups -OCH3 is 1. The molecule has 1 aromatic carbocycles. The summed E-state index contributed by atoms with van der Waals surface area (Å²) in [6, 6.07) is 13.0. The molecule has 3 aromatic rings. The number of amides is 1. The number of benzene rings is 1. The first-order valence-corrected chi connectivity index (χ1v) is 10.1. The van der Waals surface area contributed by atoms with E-state index in [2.05, 4.69) is 4.98 Å². The number of nitrogen functional groups attached to an aromatic ring is 1. The molecule has 1 amide bonds. The Bertz CT molecular complexity index is 1130. The number of anilines is 2. The normalized spacial score (nSPS) is 11.1. The summed E-state index contributed by atoms with van der Waals surface area (Å²) in [6.07, 6.45) is 3.03. The SMILES string of the molecule is COCCN(C(=O)/C=C/c1cccs1)c1c(N)n(Cc2ccccc2)c(=O)[nH]c1=O. The van der Waals surface area contributed by atoms with E-state index < -0.39 is 17.2 Å². The smallest absolute Gasteiger partial charge is 0.330 e. The van der Waals surface area contributed by atoms with Crippen molar-refractivity contribution in [2.45, 2.75) is 6.54 Å². The summed E-state index contributed by atoms with van der Waals surface area (Å²) < 4.78 is 6.32. The second kappa shape index (κ2) is 9.86. The molecule has 0 saturated heterocycles. The summed E-state index contributed by atoms with van der Waals surface area (Å²) in [5.41, 5.74) is 5.60. The first-order valence-electron chi connectivity index (χ1n) is 9.19. The Morgan fingerprint density at radius 3 is 2.67 bits per heavy atom. The maximum atomic E-state index is 12.9. The molecule has 0 radical (unpaired) electrons. The summed E-state index contributed by atoms with van der Waals surface area (Å²) in [5, 5.41) is 1.90. The summed E-state index contributed by atoms with van der Waals surface area (Å²) in [6.45, 7) is 0.447. The van der Waals surface area contributed by atoms with Gasteiger partial charge in [0.2, 0.25) is 0 Å². The lowest BCUT2D eigenvalue weighted by atomic mass is 10.2. The minimum atomic E-state index is -0.726. The number of nitrogens with one attached hydrogen (secondary N) is 1. The van der Waals surface area contributed by atoms with Crippen LogP contribution in [0.4, 0.5) is 11.5 Å². The van der Waals surface area contributed by atoms with Gasteiger partial charge in [-0.05, 0) is 23.1 Å². The van der Waals surface area contributed by atoms with Crippen molar-refractivity contribution < 1.29 is 9.53 Å². The van der Waals surface area contributed by atoms with Crippen LogP contribution in [0.2, 0.25) is 0 Å². The third kappa shape index (κ3) is 4.94. The van der Waals surface area contributed by atoms with E-state index in [1.165, 1.54) is 34.0 Å². The van der Waals surface area contributed by atoms with Crippen LogP contribution in [0.15, 0.2) is 63.5 Å². The highest BCUT2D eigenvalue weighted by molar-refractivity contribution is 7.10. The second-order valence-corrected chi connectivity index (χ2v) is 7.38. The van der Waals surface area contributed by atoms with E-state index >= 15 is 0 Å². The van der Waals surface area contributed by atoms with Crippen molar-refractivity contribution in [2.75, 3.05) is 30.9 Å². The number of H-pyrrole nitrogens is 1. The van der Waals surface area contributed by atoms with E-state index in [4.69, 9.17) is 10.5 Å². The molecule has 0 spiro atoms.